The molecule has 0 aliphatic heterocycles. The summed E-state index contributed by atoms with van der Waals surface area (Å²) < 4.78 is 5.81. The number of rotatable bonds is 6. The van der Waals surface area contributed by atoms with Crippen LogP contribution in [0.2, 0.25) is 0 Å². The third-order valence-corrected chi connectivity index (χ3v) is 3.12. The Labute approximate surface area is 105 Å². The highest BCUT2D eigenvalue weighted by molar-refractivity contribution is 5.53. The Kier molecular flexibility index (Phi) is 5.29. The van der Waals surface area contributed by atoms with Gasteiger partial charge < -0.3 is 15.4 Å². The van der Waals surface area contributed by atoms with Crippen molar-refractivity contribution in [1.82, 2.24) is 4.90 Å². The molecule has 0 saturated carbocycles. The molecule has 0 aliphatic carbocycles. The average molecular weight is 236 g/mol. The van der Waals surface area contributed by atoms with E-state index in [0.29, 0.717) is 0 Å². The highest BCUT2D eigenvalue weighted by atomic mass is 16.5. The Bertz CT molecular complexity index is 359. The Morgan fingerprint density at radius 1 is 1.12 bits per heavy atom. The standard InChI is InChI=1S/C14H24N2O/c1-5-16(6-2)7-8-17-14-10-11(3)13(15)9-12(14)4/h9-10H,5-8,15H2,1-4H3. The highest BCUT2D eigenvalue weighted by Crippen LogP contribution is 2.24. The van der Waals surface area contributed by atoms with Crippen molar-refractivity contribution in [2.75, 3.05) is 32.0 Å². The zero-order chi connectivity index (χ0) is 12.8. The normalized spacial score (nSPS) is 10.9. The molecule has 1 rings (SSSR count). The Hall–Kier alpha value is -1.22. The van der Waals surface area contributed by atoms with Gasteiger partial charge in [-0.3, -0.25) is 0 Å². The van der Waals surface area contributed by atoms with Crippen LogP contribution >= 0.6 is 0 Å². The zero-order valence-corrected chi connectivity index (χ0v) is 11.4. The van der Waals surface area contributed by atoms with Crippen LogP contribution in [0.1, 0.15) is 25.0 Å². The number of hydrogen-bond acceptors (Lipinski definition) is 3. The van der Waals surface area contributed by atoms with Crippen LogP contribution in [0.5, 0.6) is 5.75 Å². The Morgan fingerprint density at radius 2 is 1.76 bits per heavy atom. The number of hydrogen-bond donors (Lipinski definition) is 1. The van der Waals surface area contributed by atoms with Crippen molar-refractivity contribution in [2.45, 2.75) is 27.7 Å². The maximum Gasteiger partial charge on any atom is 0.122 e. The molecule has 0 spiro atoms. The molecule has 0 heterocycles. The molecule has 96 valence electrons. The summed E-state index contributed by atoms with van der Waals surface area (Å²) in [6, 6.07) is 4.00. The van der Waals surface area contributed by atoms with Gasteiger partial charge in [-0.2, -0.15) is 0 Å². The van der Waals surface area contributed by atoms with E-state index in [0.717, 1.165) is 48.8 Å². The number of ether oxygens (including phenoxy) is 1. The van der Waals surface area contributed by atoms with Gasteiger partial charge in [0, 0.05) is 12.2 Å². The fraction of sp³-hybridized carbons (Fsp3) is 0.571. The quantitative estimate of drug-likeness (QED) is 0.772. The van der Waals surface area contributed by atoms with Gasteiger partial charge in [0.05, 0.1) is 0 Å². The van der Waals surface area contributed by atoms with Crippen molar-refractivity contribution >= 4 is 5.69 Å². The van der Waals surface area contributed by atoms with Crippen molar-refractivity contribution in [3.63, 3.8) is 0 Å². The number of aryl methyl sites for hydroxylation is 2. The number of anilines is 1. The monoisotopic (exact) mass is 236 g/mol. The van der Waals surface area contributed by atoms with Gasteiger partial charge >= 0.3 is 0 Å². The molecule has 0 atom stereocenters. The highest BCUT2D eigenvalue weighted by Gasteiger charge is 2.04. The van der Waals surface area contributed by atoms with E-state index in [-0.39, 0.29) is 0 Å². The maximum atomic E-state index is 5.85. The smallest absolute Gasteiger partial charge is 0.122 e. The van der Waals surface area contributed by atoms with Crippen LogP contribution in [0.15, 0.2) is 12.1 Å². The number of nitrogen functional groups attached to an aromatic ring is 1. The molecular weight excluding hydrogens is 212 g/mol. The van der Waals surface area contributed by atoms with Crippen LogP contribution in [0.25, 0.3) is 0 Å². The van der Waals surface area contributed by atoms with E-state index in [2.05, 4.69) is 18.7 Å². The minimum absolute atomic E-state index is 0.728. The van der Waals surface area contributed by atoms with Crippen LogP contribution in [-0.4, -0.2) is 31.1 Å². The van der Waals surface area contributed by atoms with Crippen molar-refractivity contribution in [1.29, 1.82) is 0 Å². The number of nitrogens with zero attached hydrogens (tertiary/aromatic N) is 1. The second kappa shape index (κ2) is 6.50. The van der Waals surface area contributed by atoms with Crippen LogP contribution < -0.4 is 10.5 Å². The average Bonchev–Trinajstić information content (AvgIpc) is 2.31. The number of nitrogens with two attached hydrogens (primary N) is 1. The molecule has 0 radical (unpaired) electrons. The summed E-state index contributed by atoms with van der Waals surface area (Å²) in [7, 11) is 0. The fourth-order valence-corrected chi connectivity index (χ4v) is 1.79. The molecule has 0 bridgehead atoms. The molecule has 0 fully saturated rings. The predicted molar refractivity (Wildman–Crippen MR) is 73.6 cm³/mol. The summed E-state index contributed by atoms with van der Waals surface area (Å²) in [4.78, 5) is 2.35. The largest absolute Gasteiger partial charge is 0.492 e. The van der Waals surface area contributed by atoms with Gasteiger partial charge in [-0.05, 0) is 50.2 Å². The predicted octanol–water partition coefficient (Wildman–Crippen LogP) is 2.61. The van der Waals surface area contributed by atoms with Gasteiger partial charge in [-0.15, -0.1) is 0 Å². The molecule has 0 saturated heterocycles. The topological polar surface area (TPSA) is 38.5 Å². The van der Waals surface area contributed by atoms with Gasteiger partial charge in [-0.1, -0.05) is 13.8 Å². The molecule has 3 heteroatoms. The second-order valence-electron chi connectivity index (χ2n) is 4.35. The van der Waals surface area contributed by atoms with Crippen molar-refractivity contribution < 1.29 is 4.74 Å². The van der Waals surface area contributed by atoms with Crippen LogP contribution in [0, 0.1) is 13.8 Å². The molecule has 1 aromatic carbocycles. The lowest BCUT2D eigenvalue weighted by molar-refractivity contribution is 0.222. The Balaban J connectivity index is 2.55. The van der Waals surface area contributed by atoms with Crippen LogP contribution in [-0.2, 0) is 0 Å². The minimum atomic E-state index is 0.728. The maximum absolute atomic E-state index is 5.85. The van der Waals surface area contributed by atoms with E-state index in [9.17, 15) is 0 Å². The summed E-state index contributed by atoms with van der Waals surface area (Å²) >= 11 is 0. The van der Waals surface area contributed by atoms with Gasteiger partial charge in [0.15, 0.2) is 0 Å². The zero-order valence-electron chi connectivity index (χ0n) is 11.4. The molecule has 2 N–H and O–H groups in total. The first-order chi connectivity index (χ1) is 8.08. The van der Waals surface area contributed by atoms with Gasteiger partial charge in [-0.25, -0.2) is 0 Å². The SMILES string of the molecule is CCN(CC)CCOc1cc(C)c(N)cc1C. The molecule has 0 amide bonds. The van der Waals surface area contributed by atoms with Gasteiger partial charge in [0.25, 0.3) is 0 Å². The fourth-order valence-electron chi connectivity index (χ4n) is 1.79. The summed E-state index contributed by atoms with van der Waals surface area (Å²) in [5.74, 6) is 0.948. The summed E-state index contributed by atoms with van der Waals surface area (Å²) in [5, 5.41) is 0. The molecule has 0 aliphatic rings. The van der Waals surface area contributed by atoms with Crippen LogP contribution in [0.4, 0.5) is 5.69 Å². The molecular formula is C14H24N2O. The third-order valence-electron chi connectivity index (χ3n) is 3.12. The molecule has 0 aromatic heterocycles. The molecule has 3 nitrogen and oxygen atoms in total. The lowest BCUT2D eigenvalue weighted by Gasteiger charge is -2.19. The van der Waals surface area contributed by atoms with E-state index in [1.807, 2.05) is 26.0 Å². The first-order valence-corrected chi connectivity index (χ1v) is 6.30. The molecule has 17 heavy (non-hydrogen) atoms. The number of benzene rings is 1. The van der Waals surface area contributed by atoms with E-state index in [1.165, 1.54) is 0 Å². The van der Waals surface area contributed by atoms with Crippen molar-refractivity contribution in [3.05, 3.63) is 23.3 Å². The lowest BCUT2D eigenvalue weighted by Crippen LogP contribution is -2.28. The first kappa shape index (κ1) is 13.8. The lowest BCUT2D eigenvalue weighted by atomic mass is 10.1. The van der Waals surface area contributed by atoms with Gasteiger partial charge in [0.1, 0.15) is 12.4 Å². The van der Waals surface area contributed by atoms with Crippen LogP contribution in [0.3, 0.4) is 0 Å². The second-order valence-corrected chi connectivity index (χ2v) is 4.35. The van der Waals surface area contributed by atoms with E-state index in [1.54, 1.807) is 0 Å². The van der Waals surface area contributed by atoms with E-state index >= 15 is 0 Å². The summed E-state index contributed by atoms with van der Waals surface area (Å²) in [6.07, 6.45) is 0. The van der Waals surface area contributed by atoms with E-state index < -0.39 is 0 Å². The third kappa shape index (κ3) is 3.93. The molecule has 1 aromatic rings. The Morgan fingerprint density at radius 3 is 2.35 bits per heavy atom. The number of likely N-dealkylation sites (N-methyl/N-ethyl adjacent to an activating group) is 1. The van der Waals surface area contributed by atoms with Gasteiger partial charge in [0.2, 0.25) is 0 Å². The first-order valence-electron chi connectivity index (χ1n) is 6.30. The van der Waals surface area contributed by atoms with E-state index in [4.69, 9.17) is 10.5 Å². The molecule has 0 unspecified atom stereocenters. The van der Waals surface area contributed by atoms with Crippen molar-refractivity contribution in [3.8, 4) is 5.75 Å². The minimum Gasteiger partial charge on any atom is -0.492 e. The summed E-state index contributed by atoms with van der Waals surface area (Å²) in [6.45, 7) is 12.2. The summed E-state index contributed by atoms with van der Waals surface area (Å²) in [5.41, 5.74) is 8.86. The van der Waals surface area contributed by atoms with Crippen molar-refractivity contribution in [2.24, 2.45) is 0 Å².